The first-order chi connectivity index (χ1) is 14.0. The fourth-order valence-electron chi connectivity index (χ4n) is 3.25. The number of aliphatic imine (C=N–C) groups is 1. The van der Waals surface area contributed by atoms with Gasteiger partial charge in [0.15, 0.2) is 5.96 Å². The van der Waals surface area contributed by atoms with E-state index in [0.29, 0.717) is 36.4 Å². The minimum atomic E-state index is -3.64. The molecule has 0 spiro atoms. The van der Waals surface area contributed by atoms with Gasteiger partial charge < -0.3 is 15.7 Å². The van der Waals surface area contributed by atoms with Crippen molar-refractivity contribution < 1.29 is 13.5 Å². The number of nitrogens with zero attached hydrogens (tertiary/aromatic N) is 1. The summed E-state index contributed by atoms with van der Waals surface area (Å²) in [5, 5.41) is 15.9. The van der Waals surface area contributed by atoms with Crippen LogP contribution in [0.1, 0.15) is 59.9 Å². The Bertz CT molecular complexity index is 777. The van der Waals surface area contributed by atoms with E-state index in [1.165, 1.54) is 0 Å². The van der Waals surface area contributed by atoms with Crippen molar-refractivity contribution in [3.05, 3.63) is 29.8 Å². The molecule has 0 aliphatic carbocycles. The van der Waals surface area contributed by atoms with Crippen LogP contribution in [0, 0.1) is 11.8 Å². The summed E-state index contributed by atoms with van der Waals surface area (Å²) in [5.41, 5.74) is 0.0737. The average molecular weight is 569 g/mol. The highest BCUT2D eigenvalue weighted by molar-refractivity contribution is 14.0. The second-order valence-corrected chi connectivity index (χ2v) is 10.7. The molecule has 0 aromatic heterocycles. The summed E-state index contributed by atoms with van der Waals surface area (Å²) in [6, 6.07) is 6.94. The lowest BCUT2D eigenvalue weighted by Crippen LogP contribution is -2.41. The van der Waals surface area contributed by atoms with Crippen LogP contribution in [0.25, 0.3) is 0 Å². The van der Waals surface area contributed by atoms with Crippen molar-refractivity contribution in [3.8, 4) is 0 Å². The number of guanidine groups is 1. The van der Waals surface area contributed by atoms with Crippen LogP contribution in [0.4, 0.5) is 0 Å². The lowest BCUT2D eigenvalue weighted by Gasteiger charge is -2.22. The fraction of sp³-hybridized carbons (Fsp3) is 0.682. The van der Waals surface area contributed by atoms with Crippen molar-refractivity contribution in [2.45, 2.75) is 71.4 Å². The molecule has 0 heterocycles. The molecule has 1 aromatic carbocycles. The first-order valence-electron chi connectivity index (χ1n) is 10.7. The number of aliphatic hydroxyl groups is 1. The van der Waals surface area contributed by atoms with Crippen molar-refractivity contribution >= 4 is 40.0 Å². The minimum Gasteiger partial charge on any atom is -0.396 e. The predicted molar refractivity (Wildman–Crippen MR) is 139 cm³/mol. The van der Waals surface area contributed by atoms with Gasteiger partial charge in [-0.3, -0.25) is 0 Å². The molecule has 1 unspecified atom stereocenters. The zero-order valence-corrected chi connectivity index (χ0v) is 22.9. The lowest BCUT2D eigenvalue weighted by atomic mass is 9.94. The van der Waals surface area contributed by atoms with Crippen LogP contribution in [-0.2, 0) is 16.6 Å². The highest BCUT2D eigenvalue weighted by atomic mass is 127. The van der Waals surface area contributed by atoms with E-state index in [2.05, 4.69) is 34.2 Å². The van der Waals surface area contributed by atoms with Gasteiger partial charge in [-0.2, -0.15) is 0 Å². The molecule has 9 heteroatoms. The number of hydrogen-bond donors (Lipinski definition) is 4. The molecule has 0 aliphatic heterocycles. The van der Waals surface area contributed by atoms with Gasteiger partial charge in [-0.25, -0.2) is 18.1 Å². The van der Waals surface area contributed by atoms with Gasteiger partial charge in [-0.1, -0.05) is 32.0 Å². The molecule has 0 amide bonds. The molecule has 0 bridgehead atoms. The van der Waals surface area contributed by atoms with Crippen LogP contribution in [0.15, 0.2) is 34.2 Å². The Hall–Kier alpha value is -0.910. The van der Waals surface area contributed by atoms with Crippen LogP contribution in [0.2, 0.25) is 0 Å². The van der Waals surface area contributed by atoms with Crippen molar-refractivity contribution in [2.24, 2.45) is 16.8 Å². The molecular weight excluding hydrogens is 527 g/mol. The van der Waals surface area contributed by atoms with Crippen molar-refractivity contribution in [2.75, 3.05) is 19.7 Å². The number of nitrogens with one attached hydrogen (secondary N) is 3. The van der Waals surface area contributed by atoms with E-state index >= 15 is 0 Å². The van der Waals surface area contributed by atoms with Gasteiger partial charge >= 0.3 is 0 Å². The number of sulfonamides is 1. The van der Waals surface area contributed by atoms with E-state index in [-0.39, 0.29) is 42.0 Å². The van der Waals surface area contributed by atoms with Crippen molar-refractivity contribution in [1.29, 1.82) is 0 Å². The van der Waals surface area contributed by atoms with Gasteiger partial charge in [0.1, 0.15) is 0 Å². The second-order valence-electron chi connectivity index (χ2n) is 9.05. The highest BCUT2D eigenvalue weighted by Crippen LogP contribution is 2.19. The number of benzene rings is 1. The third-order valence-corrected chi connectivity index (χ3v) is 6.21. The van der Waals surface area contributed by atoms with Crippen molar-refractivity contribution in [1.82, 2.24) is 15.4 Å². The summed E-state index contributed by atoms with van der Waals surface area (Å²) >= 11 is 0. The van der Waals surface area contributed by atoms with Gasteiger partial charge in [0.05, 0.1) is 11.4 Å². The smallest absolute Gasteiger partial charge is 0.241 e. The highest BCUT2D eigenvalue weighted by Gasteiger charge is 2.24. The van der Waals surface area contributed by atoms with E-state index in [9.17, 15) is 13.5 Å². The van der Waals surface area contributed by atoms with Gasteiger partial charge in [0, 0.05) is 25.2 Å². The largest absolute Gasteiger partial charge is 0.396 e. The molecule has 1 rings (SSSR count). The summed E-state index contributed by atoms with van der Waals surface area (Å²) in [6.07, 6.45) is 1.76. The Balaban J connectivity index is 0.00000900. The van der Waals surface area contributed by atoms with E-state index in [4.69, 9.17) is 0 Å². The summed E-state index contributed by atoms with van der Waals surface area (Å²) in [7, 11) is -3.64. The Morgan fingerprint density at radius 3 is 2.35 bits per heavy atom. The normalized spacial score (nSPS) is 13.6. The maximum Gasteiger partial charge on any atom is 0.241 e. The van der Waals surface area contributed by atoms with E-state index in [0.717, 1.165) is 12.8 Å². The number of hydrogen-bond acceptors (Lipinski definition) is 4. The Morgan fingerprint density at radius 1 is 1.16 bits per heavy atom. The van der Waals surface area contributed by atoms with Crippen LogP contribution >= 0.6 is 24.0 Å². The number of aliphatic hydroxyl groups excluding tert-OH is 1. The third kappa shape index (κ3) is 12.1. The molecule has 31 heavy (non-hydrogen) atoms. The molecule has 1 aromatic rings. The summed E-state index contributed by atoms with van der Waals surface area (Å²) < 4.78 is 28.3. The maximum absolute atomic E-state index is 12.8. The standard InChI is InChI=1S/C22H40N4O3S.HI/c1-7-23-21(24-15-18(12-13-27)14-17(2)3)25-16-19-10-8-9-11-20(19)30(28,29)26-22(4,5)6;/h8-11,17-18,26-27H,7,12-16H2,1-6H3,(H2,23,24,25);1H. The first kappa shape index (κ1) is 30.1. The third-order valence-electron chi connectivity index (χ3n) is 4.35. The lowest BCUT2D eigenvalue weighted by molar-refractivity contribution is 0.243. The van der Waals surface area contributed by atoms with Crippen LogP contribution in [0.5, 0.6) is 0 Å². The van der Waals surface area contributed by atoms with Crippen LogP contribution < -0.4 is 15.4 Å². The Kier molecular flexibility index (Phi) is 13.9. The Morgan fingerprint density at radius 2 is 1.81 bits per heavy atom. The first-order valence-corrected chi connectivity index (χ1v) is 12.2. The SMILES string of the molecule is CCNC(=NCc1ccccc1S(=O)(=O)NC(C)(C)C)NCC(CCO)CC(C)C.I. The number of rotatable bonds is 11. The zero-order chi connectivity index (χ0) is 22.8. The van der Waals surface area contributed by atoms with E-state index in [1.54, 1.807) is 18.2 Å². The van der Waals surface area contributed by atoms with Gasteiger partial charge in [0.2, 0.25) is 10.0 Å². The monoisotopic (exact) mass is 568 g/mol. The predicted octanol–water partition coefficient (Wildman–Crippen LogP) is 3.48. The molecule has 0 fully saturated rings. The zero-order valence-electron chi connectivity index (χ0n) is 19.7. The average Bonchev–Trinajstić information content (AvgIpc) is 2.62. The fourth-order valence-corrected chi connectivity index (χ4v) is 4.91. The maximum atomic E-state index is 12.8. The molecule has 180 valence electrons. The summed E-state index contributed by atoms with van der Waals surface area (Å²) in [5.74, 6) is 1.54. The molecular formula is C22H41IN4O3S. The Labute approximate surface area is 206 Å². The summed E-state index contributed by atoms with van der Waals surface area (Å²) in [4.78, 5) is 4.85. The van der Waals surface area contributed by atoms with Gasteiger partial charge in [0.25, 0.3) is 0 Å². The van der Waals surface area contributed by atoms with E-state index < -0.39 is 15.6 Å². The molecule has 7 nitrogen and oxygen atoms in total. The molecule has 0 aliphatic rings. The molecule has 0 saturated carbocycles. The van der Waals surface area contributed by atoms with Gasteiger partial charge in [-0.15, -0.1) is 24.0 Å². The second kappa shape index (κ2) is 14.3. The topological polar surface area (TPSA) is 103 Å². The molecule has 4 N–H and O–H groups in total. The molecule has 1 atom stereocenters. The van der Waals surface area contributed by atoms with E-state index in [1.807, 2.05) is 33.8 Å². The van der Waals surface area contributed by atoms with Crippen molar-refractivity contribution in [3.63, 3.8) is 0 Å². The molecule has 0 saturated heterocycles. The summed E-state index contributed by atoms with van der Waals surface area (Å²) in [6.45, 7) is 13.6. The van der Waals surface area contributed by atoms with Crippen LogP contribution in [0.3, 0.4) is 0 Å². The number of halogens is 1. The van der Waals surface area contributed by atoms with Crippen LogP contribution in [-0.4, -0.2) is 44.7 Å². The molecule has 0 radical (unpaired) electrons. The quantitative estimate of drug-likeness (QED) is 0.186. The minimum absolute atomic E-state index is 0. The van der Waals surface area contributed by atoms with Gasteiger partial charge in [-0.05, 0) is 64.0 Å².